The summed E-state index contributed by atoms with van der Waals surface area (Å²) in [5.41, 5.74) is 5.67. The Morgan fingerprint density at radius 3 is 2.19 bits per heavy atom. The molecule has 0 aromatic heterocycles. The predicted octanol–water partition coefficient (Wildman–Crippen LogP) is 3.44. The Labute approximate surface area is 126 Å². The van der Waals surface area contributed by atoms with Gasteiger partial charge in [-0.1, -0.05) is 48.5 Å². The zero-order valence-corrected chi connectivity index (χ0v) is 12.5. The van der Waals surface area contributed by atoms with Gasteiger partial charge < -0.3 is 10.2 Å². The highest BCUT2D eigenvalue weighted by atomic mass is 15.1. The fraction of sp³-hybridized carbons (Fsp3) is 0.368. The van der Waals surface area contributed by atoms with Crippen LogP contribution in [-0.2, 0) is 0 Å². The van der Waals surface area contributed by atoms with Crippen molar-refractivity contribution in [1.82, 2.24) is 10.2 Å². The van der Waals surface area contributed by atoms with Crippen LogP contribution < -0.4 is 5.32 Å². The summed E-state index contributed by atoms with van der Waals surface area (Å²) in [5.74, 6) is 0. The molecule has 1 aliphatic heterocycles. The van der Waals surface area contributed by atoms with Crippen LogP contribution in [0.2, 0.25) is 0 Å². The molecule has 1 heterocycles. The van der Waals surface area contributed by atoms with Crippen LogP contribution in [0, 0.1) is 0 Å². The fourth-order valence-electron chi connectivity index (χ4n) is 3.87. The molecule has 1 atom stereocenters. The number of hydrogen-bond acceptors (Lipinski definition) is 2. The number of benzene rings is 2. The Balaban J connectivity index is 1.68. The van der Waals surface area contributed by atoms with Crippen molar-refractivity contribution in [1.29, 1.82) is 0 Å². The number of nitrogens with one attached hydrogen (secondary N) is 1. The number of hydrogen-bond donors (Lipinski definition) is 1. The molecule has 0 radical (unpaired) electrons. The van der Waals surface area contributed by atoms with Gasteiger partial charge in [0, 0.05) is 12.6 Å². The zero-order chi connectivity index (χ0) is 14.2. The first-order chi connectivity index (χ1) is 10.3. The second kappa shape index (κ2) is 5.28. The normalized spacial score (nSPS) is 22.0. The highest BCUT2D eigenvalue weighted by Crippen LogP contribution is 2.43. The molecular formula is C19H22N2. The largest absolute Gasteiger partial charge is 0.305 e. The quantitative estimate of drug-likeness (QED) is 0.905. The van der Waals surface area contributed by atoms with Gasteiger partial charge in [0.05, 0.1) is 6.04 Å². The number of rotatable bonds is 2. The maximum absolute atomic E-state index is 3.92. The zero-order valence-electron chi connectivity index (χ0n) is 12.5. The summed E-state index contributed by atoms with van der Waals surface area (Å²) in [7, 11) is 2.23. The average Bonchev–Trinajstić information content (AvgIpc) is 2.83. The molecule has 108 valence electrons. The first-order valence-electron chi connectivity index (χ1n) is 7.96. The van der Waals surface area contributed by atoms with Crippen molar-refractivity contribution in [3.05, 3.63) is 59.7 Å². The van der Waals surface area contributed by atoms with E-state index in [1.807, 2.05) is 0 Å². The molecule has 1 fully saturated rings. The van der Waals surface area contributed by atoms with E-state index in [1.54, 1.807) is 0 Å². The molecule has 0 spiro atoms. The van der Waals surface area contributed by atoms with Gasteiger partial charge in [0.2, 0.25) is 0 Å². The van der Waals surface area contributed by atoms with Crippen molar-refractivity contribution in [2.75, 3.05) is 20.1 Å². The van der Waals surface area contributed by atoms with Crippen LogP contribution in [-0.4, -0.2) is 31.1 Å². The molecule has 2 aromatic rings. The summed E-state index contributed by atoms with van der Waals surface area (Å²) in [4.78, 5) is 2.44. The Hall–Kier alpha value is -1.64. The second-order valence-corrected chi connectivity index (χ2v) is 6.38. The molecule has 2 aliphatic rings. The third-order valence-corrected chi connectivity index (χ3v) is 4.86. The van der Waals surface area contributed by atoms with E-state index >= 15 is 0 Å². The first kappa shape index (κ1) is 13.1. The van der Waals surface area contributed by atoms with Gasteiger partial charge in [-0.2, -0.15) is 0 Å². The van der Waals surface area contributed by atoms with Crippen molar-refractivity contribution < 1.29 is 0 Å². The lowest BCUT2D eigenvalue weighted by Crippen LogP contribution is -2.45. The molecule has 2 nitrogen and oxygen atoms in total. The van der Waals surface area contributed by atoms with E-state index in [9.17, 15) is 0 Å². The summed E-state index contributed by atoms with van der Waals surface area (Å²) in [6.45, 7) is 2.39. The molecule has 1 N–H and O–H groups in total. The van der Waals surface area contributed by atoms with Crippen molar-refractivity contribution in [3.63, 3.8) is 0 Å². The average molecular weight is 278 g/mol. The molecule has 21 heavy (non-hydrogen) atoms. The van der Waals surface area contributed by atoms with Crippen LogP contribution in [0.4, 0.5) is 0 Å². The summed E-state index contributed by atoms with van der Waals surface area (Å²) in [6.07, 6.45) is 2.58. The van der Waals surface area contributed by atoms with E-state index < -0.39 is 0 Å². The van der Waals surface area contributed by atoms with E-state index in [0.717, 1.165) is 6.54 Å². The van der Waals surface area contributed by atoms with Crippen LogP contribution in [0.25, 0.3) is 11.1 Å². The summed E-state index contributed by atoms with van der Waals surface area (Å²) in [6, 6.07) is 18.6. The lowest BCUT2D eigenvalue weighted by atomic mass is 10.0. The molecule has 2 heteroatoms. The van der Waals surface area contributed by atoms with Gasteiger partial charge in [0.1, 0.15) is 0 Å². The Kier molecular flexibility index (Phi) is 3.28. The van der Waals surface area contributed by atoms with Crippen LogP contribution in [0.1, 0.15) is 30.0 Å². The summed E-state index contributed by atoms with van der Waals surface area (Å²) >= 11 is 0. The number of likely N-dealkylation sites (tertiary alicyclic amines) is 1. The van der Waals surface area contributed by atoms with E-state index in [1.165, 1.54) is 41.6 Å². The molecule has 4 rings (SSSR count). The molecule has 1 saturated heterocycles. The minimum absolute atomic E-state index is 0.355. The van der Waals surface area contributed by atoms with Crippen LogP contribution in [0.3, 0.4) is 0 Å². The Morgan fingerprint density at radius 2 is 1.57 bits per heavy atom. The summed E-state index contributed by atoms with van der Waals surface area (Å²) < 4.78 is 0. The SMILES string of the molecule is CN1CCCC(NC2c3ccccc3-c3ccccc32)C1. The Morgan fingerprint density at radius 1 is 0.952 bits per heavy atom. The Bertz CT molecular complexity index is 604. The topological polar surface area (TPSA) is 15.3 Å². The monoisotopic (exact) mass is 278 g/mol. The van der Waals surface area contributed by atoms with E-state index in [4.69, 9.17) is 0 Å². The van der Waals surface area contributed by atoms with Gasteiger partial charge in [0.15, 0.2) is 0 Å². The standard InChI is InChI=1S/C19H22N2/c1-21-12-6-7-14(13-21)20-19-17-10-4-2-8-15(17)16-9-3-5-11-18(16)19/h2-5,8-11,14,19-20H,6-7,12-13H2,1H3. The van der Waals surface area contributed by atoms with E-state index in [-0.39, 0.29) is 0 Å². The van der Waals surface area contributed by atoms with Gasteiger partial charge in [-0.3, -0.25) is 0 Å². The van der Waals surface area contributed by atoms with Crippen molar-refractivity contribution in [2.24, 2.45) is 0 Å². The maximum atomic E-state index is 3.92. The fourth-order valence-corrected chi connectivity index (χ4v) is 3.87. The van der Waals surface area contributed by atoms with E-state index in [2.05, 4.69) is 65.8 Å². The van der Waals surface area contributed by atoms with Crippen molar-refractivity contribution in [2.45, 2.75) is 24.9 Å². The minimum Gasteiger partial charge on any atom is -0.305 e. The number of likely N-dealkylation sites (N-methyl/N-ethyl adjacent to an activating group) is 1. The van der Waals surface area contributed by atoms with Crippen molar-refractivity contribution in [3.8, 4) is 11.1 Å². The first-order valence-corrected chi connectivity index (χ1v) is 7.96. The van der Waals surface area contributed by atoms with Gasteiger partial charge in [-0.15, -0.1) is 0 Å². The lowest BCUT2D eigenvalue weighted by Gasteiger charge is -2.32. The number of nitrogens with zero attached hydrogens (tertiary/aromatic N) is 1. The molecular weight excluding hydrogens is 256 g/mol. The second-order valence-electron chi connectivity index (χ2n) is 6.38. The minimum atomic E-state index is 0.355. The predicted molar refractivity (Wildman–Crippen MR) is 87.4 cm³/mol. The van der Waals surface area contributed by atoms with Gasteiger partial charge in [0.25, 0.3) is 0 Å². The van der Waals surface area contributed by atoms with Crippen LogP contribution in [0.5, 0.6) is 0 Å². The highest BCUT2D eigenvalue weighted by Gasteiger charge is 2.30. The molecule has 1 aliphatic carbocycles. The number of piperidine rings is 1. The molecule has 0 bridgehead atoms. The number of fused-ring (bicyclic) bond motifs is 3. The molecule has 1 unspecified atom stereocenters. The third kappa shape index (κ3) is 2.29. The van der Waals surface area contributed by atoms with Gasteiger partial charge in [-0.25, -0.2) is 0 Å². The van der Waals surface area contributed by atoms with Gasteiger partial charge >= 0.3 is 0 Å². The molecule has 0 amide bonds. The molecule has 2 aromatic carbocycles. The molecule has 0 saturated carbocycles. The van der Waals surface area contributed by atoms with Crippen LogP contribution in [0.15, 0.2) is 48.5 Å². The van der Waals surface area contributed by atoms with Gasteiger partial charge in [-0.05, 0) is 48.7 Å². The lowest BCUT2D eigenvalue weighted by molar-refractivity contribution is 0.221. The summed E-state index contributed by atoms with van der Waals surface area (Å²) in [5, 5.41) is 3.92. The third-order valence-electron chi connectivity index (χ3n) is 4.86. The maximum Gasteiger partial charge on any atom is 0.0591 e. The smallest absolute Gasteiger partial charge is 0.0591 e. The van der Waals surface area contributed by atoms with E-state index in [0.29, 0.717) is 12.1 Å². The highest BCUT2D eigenvalue weighted by molar-refractivity contribution is 5.78. The van der Waals surface area contributed by atoms with Crippen molar-refractivity contribution >= 4 is 0 Å². The van der Waals surface area contributed by atoms with Crippen LogP contribution >= 0.6 is 0 Å².